The Morgan fingerprint density at radius 3 is 2.89 bits per heavy atom. The van der Waals surface area contributed by atoms with Gasteiger partial charge in [0.15, 0.2) is 0 Å². The Labute approximate surface area is 119 Å². The van der Waals surface area contributed by atoms with Crippen molar-refractivity contribution in [1.29, 1.82) is 0 Å². The number of nitrogens with zero attached hydrogens (tertiary/aromatic N) is 3. The van der Waals surface area contributed by atoms with E-state index in [1.807, 2.05) is 16.6 Å². The largest absolute Gasteiger partial charge is 0.341 e. The zero-order valence-electron chi connectivity index (χ0n) is 11.8. The van der Waals surface area contributed by atoms with Crippen LogP contribution in [0.4, 0.5) is 0 Å². The number of aromatic nitrogens is 1. The fraction of sp³-hybridized carbons (Fsp3) is 0.714. The molecule has 0 aromatic carbocycles. The van der Waals surface area contributed by atoms with Crippen molar-refractivity contribution in [3.05, 3.63) is 16.6 Å². The quantitative estimate of drug-likeness (QED) is 0.847. The Bertz CT molecular complexity index is 391. The molecule has 0 bridgehead atoms. The molecule has 1 saturated heterocycles. The topological polar surface area (TPSA) is 36.4 Å². The monoisotopic (exact) mass is 281 g/mol. The zero-order valence-corrected chi connectivity index (χ0v) is 12.7. The van der Waals surface area contributed by atoms with E-state index >= 15 is 0 Å². The van der Waals surface area contributed by atoms with Crippen molar-refractivity contribution in [3.63, 3.8) is 0 Å². The highest BCUT2D eigenvalue weighted by atomic mass is 32.1. The Kier molecular flexibility index (Phi) is 5.34. The van der Waals surface area contributed by atoms with E-state index in [0.29, 0.717) is 18.4 Å². The molecule has 0 atom stereocenters. The van der Waals surface area contributed by atoms with Gasteiger partial charge in [-0.25, -0.2) is 0 Å². The molecular weight excluding hydrogens is 258 g/mol. The third kappa shape index (κ3) is 4.28. The van der Waals surface area contributed by atoms with Crippen molar-refractivity contribution in [2.24, 2.45) is 0 Å². The first kappa shape index (κ1) is 14.5. The fourth-order valence-corrected chi connectivity index (χ4v) is 3.06. The van der Waals surface area contributed by atoms with Crippen LogP contribution in [0.3, 0.4) is 0 Å². The van der Waals surface area contributed by atoms with Crippen LogP contribution in [0.1, 0.15) is 31.6 Å². The molecule has 0 N–H and O–H groups in total. The molecule has 0 saturated carbocycles. The summed E-state index contributed by atoms with van der Waals surface area (Å²) >= 11 is 1.63. The van der Waals surface area contributed by atoms with E-state index in [1.54, 1.807) is 11.3 Å². The van der Waals surface area contributed by atoms with Crippen molar-refractivity contribution in [1.82, 2.24) is 14.8 Å². The molecule has 1 aliphatic rings. The SMILES string of the molecule is CC(C)N1CCCN(C(=O)CCc2cncs2)CC1. The fourth-order valence-electron chi connectivity index (χ4n) is 2.46. The van der Waals surface area contributed by atoms with Crippen LogP contribution in [0.2, 0.25) is 0 Å². The molecule has 0 aliphatic carbocycles. The molecule has 2 heterocycles. The van der Waals surface area contributed by atoms with E-state index in [4.69, 9.17) is 0 Å². The maximum Gasteiger partial charge on any atom is 0.222 e. The highest BCUT2D eigenvalue weighted by molar-refractivity contribution is 7.09. The highest BCUT2D eigenvalue weighted by Gasteiger charge is 2.20. The van der Waals surface area contributed by atoms with Gasteiger partial charge in [0.2, 0.25) is 5.91 Å². The van der Waals surface area contributed by atoms with Gasteiger partial charge in [-0.1, -0.05) is 0 Å². The Morgan fingerprint density at radius 2 is 2.21 bits per heavy atom. The minimum Gasteiger partial charge on any atom is -0.341 e. The Balaban J connectivity index is 1.79. The van der Waals surface area contributed by atoms with Crippen LogP contribution in [0, 0.1) is 0 Å². The van der Waals surface area contributed by atoms with Gasteiger partial charge in [-0.05, 0) is 26.7 Å². The van der Waals surface area contributed by atoms with Crippen LogP contribution in [-0.2, 0) is 11.2 Å². The molecule has 1 aromatic heterocycles. The summed E-state index contributed by atoms with van der Waals surface area (Å²) in [6, 6.07) is 0.576. The average Bonchev–Trinajstić information content (AvgIpc) is 2.77. The first-order chi connectivity index (χ1) is 9.16. The number of thiazole rings is 1. The number of aryl methyl sites for hydroxylation is 1. The van der Waals surface area contributed by atoms with E-state index in [1.165, 1.54) is 4.88 Å². The van der Waals surface area contributed by atoms with Crippen molar-refractivity contribution in [2.75, 3.05) is 26.2 Å². The summed E-state index contributed by atoms with van der Waals surface area (Å²) in [5.74, 6) is 0.291. The molecule has 106 valence electrons. The van der Waals surface area contributed by atoms with E-state index in [9.17, 15) is 4.79 Å². The second-order valence-electron chi connectivity index (χ2n) is 5.33. The van der Waals surface area contributed by atoms with Gasteiger partial charge in [0.1, 0.15) is 0 Å². The number of carbonyl (C=O) groups excluding carboxylic acids is 1. The molecule has 19 heavy (non-hydrogen) atoms. The average molecular weight is 281 g/mol. The van der Waals surface area contributed by atoms with Crippen molar-refractivity contribution in [3.8, 4) is 0 Å². The highest BCUT2D eigenvalue weighted by Crippen LogP contribution is 2.12. The standard InChI is InChI=1S/C14H23N3OS/c1-12(2)16-6-3-7-17(9-8-16)14(18)5-4-13-10-15-11-19-13/h10-12H,3-9H2,1-2H3. The number of hydrogen-bond donors (Lipinski definition) is 0. The lowest BCUT2D eigenvalue weighted by molar-refractivity contribution is -0.131. The predicted molar refractivity (Wildman–Crippen MR) is 78.3 cm³/mol. The van der Waals surface area contributed by atoms with Gasteiger partial charge in [0.05, 0.1) is 5.51 Å². The van der Waals surface area contributed by atoms with E-state index in [-0.39, 0.29) is 0 Å². The lowest BCUT2D eigenvalue weighted by atomic mass is 10.2. The predicted octanol–water partition coefficient (Wildman–Crippen LogP) is 2.02. The maximum absolute atomic E-state index is 12.2. The molecule has 1 aromatic rings. The summed E-state index contributed by atoms with van der Waals surface area (Å²) in [5, 5.41) is 0. The first-order valence-electron chi connectivity index (χ1n) is 7.06. The first-order valence-corrected chi connectivity index (χ1v) is 7.94. The van der Waals surface area contributed by atoms with E-state index in [0.717, 1.165) is 39.0 Å². The number of rotatable bonds is 4. The third-order valence-corrected chi connectivity index (χ3v) is 4.52. The van der Waals surface area contributed by atoms with Crippen LogP contribution in [0.15, 0.2) is 11.7 Å². The normalized spacial score (nSPS) is 17.7. The second-order valence-corrected chi connectivity index (χ2v) is 6.30. The van der Waals surface area contributed by atoms with Gasteiger partial charge in [0, 0.05) is 49.7 Å². The smallest absolute Gasteiger partial charge is 0.222 e. The molecule has 1 amide bonds. The molecule has 0 radical (unpaired) electrons. The van der Waals surface area contributed by atoms with Crippen LogP contribution in [0.5, 0.6) is 0 Å². The van der Waals surface area contributed by atoms with Crippen LogP contribution >= 0.6 is 11.3 Å². The number of hydrogen-bond acceptors (Lipinski definition) is 4. The summed E-state index contributed by atoms with van der Waals surface area (Å²) in [7, 11) is 0. The Hall–Kier alpha value is -0.940. The van der Waals surface area contributed by atoms with Crippen LogP contribution in [0.25, 0.3) is 0 Å². The summed E-state index contributed by atoms with van der Waals surface area (Å²) in [5.41, 5.74) is 1.83. The van der Waals surface area contributed by atoms with Crippen molar-refractivity contribution >= 4 is 17.2 Å². The minimum absolute atomic E-state index is 0.291. The number of amides is 1. The maximum atomic E-state index is 12.2. The molecule has 2 rings (SSSR count). The van der Waals surface area contributed by atoms with E-state index in [2.05, 4.69) is 23.7 Å². The molecule has 0 spiro atoms. The zero-order chi connectivity index (χ0) is 13.7. The summed E-state index contributed by atoms with van der Waals surface area (Å²) in [6.07, 6.45) is 4.39. The van der Waals surface area contributed by atoms with Gasteiger partial charge in [0.25, 0.3) is 0 Å². The Morgan fingerprint density at radius 1 is 1.37 bits per heavy atom. The lowest BCUT2D eigenvalue weighted by Gasteiger charge is -2.24. The summed E-state index contributed by atoms with van der Waals surface area (Å²) in [4.78, 5) is 21.9. The van der Waals surface area contributed by atoms with Crippen molar-refractivity contribution < 1.29 is 4.79 Å². The minimum atomic E-state index is 0.291. The van der Waals surface area contributed by atoms with Gasteiger partial charge >= 0.3 is 0 Å². The van der Waals surface area contributed by atoms with Gasteiger partial charge in [-0.3, -0.25) is 14.7 Å². The summed E-state index contributed by atoms with van der Waals surface area (Å²) < 4.78 is 0. The lowest BCUT2D eigenvalue weighted by Crippen LogP contribution is -2.37. The molecule has 5 heteroatoms. The van der Waals surface area contributed by atoms with Gasteiger partial charge in [-0.2, -0.15) is 0 Å². The number of carbonyl (C=O) groups is 1. The molecular formula is C14H23N3OS. The van der Waals surface area contributed by atoms with Crippen molar-refractivity contribution in [2.45, 2.75) is 39.2 Å². The second kappa shape index (κ2) is 7.01. The summed E-state index contributed by atoms with van der Waals surface area (Å²) in [6.45, 7) is 8.34. The van der Waals surface area contributed by atoms with Gasteiger partial charge < -0.3 is 4.90 Å². The van der Waals surface area contributed by atoms with Crippen LogP contribution in [-0.4, -0.2) is 52.9 Å². The van der Waals surface area contributed by atoms with E-state index < -0.39 is 0 Å². The molecule has 1 fully saturated rings. The molecule has 1 aliphatic heterocycles. The molecule has 0 unspecified atom stereocenters. The third-order valence-electron chi connectivity index (χ3n) is 3.68. The van der Waals surface area contributed by atoms with Crippen LogP contribution < -0.4 is 0 Å². The molecule has 4 nitrogen and oxygen atoms in total. The van der Waals surface area contributed by atoms with Gasteiger partial charge in [-0.15, -0.1) is 11.3 Å².